The molecule has 1 aromatic carbocycles. The second-order valence-corrected chi connectivity index (χ2v) is 6.32. The molecule has 0 aromatic heterocycles. The van der Waals surface area contributed by atoms with Crippen molar-refractivity contribution in [1.82, 2.24) is 4.90 Å². The summed E-state index contributed by atoms with van der Waals surface area (Å²) in [4.78, 5) is 15.0. The van der Waals surface area contributed by atoms with E-state index in [-0.39, 0.29) is 18.0 Å². The highest BCUT2D eigenvalue weighted by atomic mass is 16.5. The van der Waals surface area contributed by atoms with Gasteiger partial charge in [-0.05, 0) is 53.0 Å². The van der Waals surface area contributed by atoms with Crippen molar-refractivity contribution in [2.24, 2.45) is 0 Å². The summed E-state index contributed by atoms with van der Waals surface area (Å²) in [7, 11) is 3.24. The lowest BCUT2D eigenvalue weighted by atomic mass is 9.86. The number of nitrogens with zero attached hydrogens (tertiary/aromatic N) is 1. The lowest BCUT2D eigenvalue weighted by molar-refractivity contribution is -0.132. The van der Waals surface area contributed by atoms with Gasteiger partial charge in [-0.1, -0.05) is 6.07 Å². The van der Waals surface area contributed by atoms with Crippen molar-refractivity contribution in [3.05, 3.63) is 54.9 Å². The van der Waals surface area contributed by atoms with Crippen molar-refractivity contribution < 1.29 is 14.3 Å². The predicted octanol–water partition coefficient (Wildman–Crippen LogP) is 3.47. The first kappa shape index (κ1) is 18.6. The van der Waals surface area contributed by atoms with E-state index in [1.54, 1.807) is 14.2 Å². The molecule has 1 aliphatic carbocycles. The fourth-order valence-corrected chi connectivity index (χ4v) is 3.07. The Balaban J connectivity index is 2.32. The second-order valence-electron chi connectivity index (χ2n) is 6.32. The Kier molecular flexibility index (Phi) is 6.14. The Morgan fingerprint density at radius 3 is 2.21 bits per heavy atom. The number of carbonyl (C=O) groups is 1. The smallest absolute Gasteiger partial charge is 0.231 e. The van der Waals surface area contributed by atoms with Gasteiger partial charge in [0.25, 0.3) is 0 Å². The van der Waals surface area contributed by atoms with Crippen molar-refractivity contribution in [3.63, 3.8) is 0 Å². The molecule has 0 N–H and O–H groups in total. The van der Waals surface area contributed by atoms with Gasteiger partial charge in [-0.2, -0.15) is 0 Å². The third-order valence-corrected chi connectivity index (χ3v) is 4.09. The molecular formula is C20H26NO3. The van der Waals surface area contributed by atoms with Gasteiger partial charge in [0.1, 0.15) is 11.5 Å². The maximum atomic E-state index is 13.1. The minimum atomic E-state index is 0.0397. The number of methoxy groups -OCH3 is 2. The van der Waals surface area contributed by atoms with Gasteiger partial charge in [-0.25, -0.2) is 0 Å². The van der Waals surface area contributed by atoms with E-state index in [2.05, 4.69) is 0 Å². The number of carbonyl (C=O) groups excluding carboxylic acids is 1. The SMILES string of the molecule is COc1ccc([C]2[CH][CH][CH][C]2C(=O)N(C(C)C)C(C)C)c(OC)c1. The third kappa shape index (κ3) is 3.68. The summed E-state index contributed by atoms with van der Waals surface area (Å²) < 4.78 is 10.7. The quantitative estimate of drug-likeness (QED) is 0.802. The van der Waals surface area contributed by atoms with Crippen LogP contribution in [0.2, 0.25) is 0 Å². The van der Waals surface area contributed by atoms with Crippen LogP contribution in [0.5, 0.6) is 11.5 Å². The van der Waals surface area contributed by atoms with Crippen LogP contribution in [0.25, 0.3) is 0 Å². The number of benzene rings is 1. The summed E-state index contributed by atoms with van der Waals surface area (Å²) in [6, 6.07) is 5.91. The summed E-state index contributed by atoms with van der Waals surface area (Å²) in [5.74, 6) is 3.03. The number of amides is 1. The Bertz CT molecular complexity index is 560. The van der Waals surface area contributed by atoms with Crippen LogP contribution < -0.4 is 9.47 Å². The van der Waals surface area contributed by atoms with Crippen molar-refractivity contribution in [2.45, 2.75) is 39.8 Å². The van der Waals surface area contributed by atoms with Gasteiger partial charge in [-0.15, -0.1) is 0 Å². The molecule has 5 radical (unpaired) electrons. The first-order valence-electron chi connectivity index (χ1n) is 8.21. The molecule has 0 unspecified atom stereocenters. The van der Waals surface area contributed by atoms with Gasteiger partial charge < -0.3 is 14.4 Å². The number of hydrogen-bond acceptors (Lipinski definition) is 3. The van der Waals surface area contributed by atoms with Gasteiger partial charge in [0.15, 0.2) is 0 Å². The largest absolute Gasteiger partial charge is 0.497 e. The highest BCUT2D eigenvalue weighted by Gasteiger charge is 2.40. The molecule has 129 valence electrons. The van der Waals surface area contributed by atoms with Gasteiger partial charge in [0, 0.05) is 29.6 Å². The highest BCUT2D eigenvalue weighted by molar-refractivity contribution is 5.99. The predicted molar refractivity (Wildman–Crippen MR) is 95.2 cm³/mol. The molecule has 1 amide bonds. The van der Waals surface area contributed by atoms with E-state index in [0.29, 0.717) is 11.7 Å². The van der Waals surface area contributed by atoms with E-state index >= 15 is 0 Å². The molecule has 4 nitrogen and oxygen atoms in total. The van der Waals surface area contributed by atoms with Crippen LogP contribution >= 0.6 is 0 Å². The van der Waals surface area contributed by atoms with E-state index in [4.69, 9.17) is 9.47 Å². The Morgan fingerprint density at radius 2 is 1.67 bits per heavy atom. The topological polar surface area (TPSA) is 38.8 Å². The first-order valence-corrected chi connectivity index (χ1v) is 8.21. The fourth-order valence-electron chi connectivity index (χ4n) is 3.07. The third-order valence-electron chi connectivity index (χ3n) is 4.09. The van der Waals surface area contributed by atoms with Crippen LogP contribution in [0, 0.1) is 31.1 Å². The molecule has 1 fully saturated rings. The average Bonchev–Trinajstić information content (AvgIpc) is 3.02. The molecule has 24 heavy (non-hydrogen) atoms. The molecule has 0 saturated heterocycles. The van der Waals surface area contributed by atoms with Gasteiger partial charge in [0.05, 0.1) is 20.1 Å². The van der Waals surface area contributed by atoms with Crippen molar-refractivity contribution in [2.75, 3.05) is 14.2 Å². The summed E-state index contributed by atoms with van der Waals surface area (Å²) in [6.07, 6.45) is 5.74. The van der Waals surface area contributed by atoms with E-state index in [9.17, 15) is 4.79 Å². The van der Waals surface area contributed by atoms with E-state index in [1.165, 1.54) is 0 Å². The normalized spacial score (nSPS) is 16.0. The minimum absolute atomic E-state index is 0.0397. The maximum Gasteiger partial charge on any atom is 0.231 e. The molecule has 0 heterocycles. The standard InChI is InChI=1S/C20H26NO3/c1-13(2)21(14(3)4)20(22)18-9-7-8-16(18)17-11-10-15(23-5)12-19(17)24-6/h7-14H,1-6H3. The summed E-state index contributed by atoms with van der Waals surface area (Å²) >= 11 is 0. The molecule has 2 rings (SSSR count). The number of hydrogen-bond donors (Lipinski definition) is 0. The van der Waals surface area contributed by atoms with Gasteiger partial charge >= 0.3 is 0 Å². The van der Waals surface area contributed by atoms with Crippen LogP contribution in [0.4, 0.5) is 0 Å². The number of ether oxygens (including phenoxy) is 2. The Hall–Kier alpha value is -1.71. The lowest BCUT2D eigenvalue weighted by Gasteiger charge is -2.34. The highest BCUT2D eigenvalue weighted by Crippen LogP contribution is 2.44. The minimum Gasteiger partial charge on any atom is -0.497 e. The molecule has 1 aliphatic rings. The summed E-state index contributed by atoms with van der Waals surface area (Å²) in [5.41, 5.74) is 0.888. The molecule has 0 aliphatic heterocycles. The fraction of sp³-hybridized carbons (Fsp3) is 0.400. The zero-order valence-electron chi connectivity index (χ0n) is 15.3. The molecule has 0 atom stereocenters. The Morgan fingerprint density at radius 1 is 1.00 bits per heavy atom. The zero-order chi connectivity index (χ0) is 17.9. The van der Waals surface area contributed by atoms with Crippen LogP contribution in [0.1, 0.15) is 33.3 Å². The average molecular weight is 328 g/mol. The molecule has 1 saturated carbocycles. The van der Waals surface area contributed by atoms with E-state index in [1.807, 2.05) is 70.1 Å². The van der Waals surface area contributed by atoms with Crippen molar-refractivity contribution >= 4 is 5.91 Å². The first-order chi connectivity index (χ1) is 11.4. The molecular weight excluding hydrogens is 302 g/mol. The lowest BCUT2D eigenvalue weighted by Crippen LogP contribution is -2.45. The monoisotopic (exact) mass is 328 g/mol. The molecule has 0 spiro atoms. The van der Waals surface area contributed by atoms with Crippen LogP contribution in [-0.4, -0.2) is 37.1 Å². The Labute approximate surface area is 146 Å². The van der Waals surface area contributed by atoms with Crippen LogP contribution in [0.3, 0.4) is 0 Å². The van der Waals surface area contributed by atoms with Gasteiger partial charge in [-0.3, -0.25) is 4.79 Å². The molecule has 0 bridgehead atoms. The van der Waals surface area contributed by atoms with E-state index < -0.39 is 0 Å². The number of rotatable bonds is 6. The zero-order valence-corrected chi connectivity index (χ0v) is 15.3. The van der Waals surface area contributed by atoms with Crippen molar-refractivity contribution in [1.29, 1.82) is 0 Å². The molecule has 4 heteroatoms. The summed E-state index contributed by atoms with van der Waals surface area (Å²) in [5, 5.41) is 0. The maximum absolute atomic E-state index is 13.1. The van der Waals surface area contributed by atoms with Crippen molar-refractivity contribution in [3.8, 4) is 11.5 Å². The van der Waals surface area contributed by atoms with Crippen LogP contribution in [-0.2, 0) is 4.79 Å². The second kappa shape index (κ2) is 7.91. The van der Waals surface area contributed by atoms with Gasteiger partial charge in [0.2, 0.25) is 5.91 Å². The van der Waals surface area contributed by atoms with E-state index in [0.717, 1.165) is 17.2 Å². The molecule has 1 aromatic rings. The van der Waals surface area contributed by atoms with Crippen LogP contribution in [0.15, 0.2) is 18.2 Å². The summed E-state index contributed by atoms with van der Waals surface area (Å²) in [6.45, 7) is 8.14.